The van der Waals surface area contributed by atoms with Crippen LogP contribution in [0.4, 0.5) is 0 Å². The van der Waals surface area contributed by atoms with E-state index in [0.717, 1.165) is 38.0 Å². The van der Waals surface area contributed by atoms with Gasteiger partial charge in [-0.15, -0.1) is 0 Å². The Kier molecular flexibility index (Phi) is 4.42. The van der Waals surface area contributed by atoms with E-state index >= 15 is 0 Å². The smallest absolute Gasteiger partial charge is 0.222 e. The Morgan fingerprint density at radius 3 is 3.00 bits per heavy atom. The zero-order valence-electron chi connectivity index (χ0n) is 12.0. The van der Waals surface area contributed by atoms with Crippen LogP contribution in [-0.4, -0.2) is 47.6 Å². The normalized spacial score (nSPS) is 22.8. The SMILES string of the molecule is O=C1CC2(CCN(Cc3ccncc3Cl)CC2)OCCN1. The van der Waals surface area contributed by atoms with Crippen LogP contribution in [0.25, 0.3) is 0 Å². The molecule has 2 aliphatic rings. The molecule has 0 atom stereocenters. The number of amides is 1. The van der Waals surface area contributed by atoms with Crippen molar-refractivity contribution in [2.75, 3.05) is 26.2 Å². The van der Waals surface area contributed by atoms with Crippen molar-refractivity contribution in [2.45, 2.75) is 31.4 Å². The van der Waals surface area contributed by atoms with Gasteiger partial charge in [0.2, 0.25) is 5.91 Å². The number of pyridine rings is 1. The van der Waals surface area contributed by atoms with Crippen LogP contribution in [-0.2, 0) is 16.1 Å². The number of carbonyl (C=O) groups is 1. The summed E-state index contributed by atoms with van der Waals surface area (Å²) in [5.74, 6) is 0.109. The molecule has 2 saturated heterocycles. The summed E-state index contributed by atoms with van der Waals surface area (Å²) in [5, 5.41) is 3.58. The zero-order chi connectivity index (χ0) is 14.7. The molecule has 0 unspecified atom stereocenters. The van der Waals surface area contributed by atoms with E-state index in [1.54, 1.807) is 12.4 Å². The maximum Gasteiger partial charge on any atom is 0.222 e. The second kappa shape index (κ2) is 6.30. The van der Waals surface area contributed by atoms with Gasteiger partial charge < -0.3 is 10.1 Å². The second-order valence-corrected chi connectivity index (χ2v) is 6.21. The van der Waals surface area contributed by atoms with Gasteiger partial charge in [-0.05, 0) is 24.5 Å². The largest absolute Gasteiger partial charge is 0.373 e. The van der Waals surface area contributed by atoms with Crippen molar-refractivity contribution in [1.29, 1.82) is 0 Å². The summed E-state index contributed by atoms with van der Waals surface area (Å²) in [4.78, 5) is 18.1. The van der Waals surface area contributed by atoms with E-state index in [0.29, 0.717) is 24.6 Å². The maximum atomic E-state index is 11.7. The van der Waals surface area contributed by atoms with Crippen LogP contribution >= 0.6 is 11.6 Å². The lowest BCUT2D eigenvalue weighted by Gasteiger charge is -2.40. The van der Waals surface area contributed by atoms with Crippen molar-refractivity contribution < 1.29 is 9.53 Å². The summed E-state index contributed by atoms with van der Waals surface area (Å²) < 4.78 is 5.98. The molecule has 21 heavy (non-hydrogen) atoms. The molecule has 3 heterocycles. The molecular weight excluding hydrogens is 290 g/mol. The number of hydrogen-bond acceptors (Lipinski definition) is 4. The van der Waals surface area contributed by atoms with Crippen LogP contribution in [0.15, 0.2) is 18.5 Å². The van der Waals surface area contributed by atoms with E-state index in [4.69, 9.17) is 16.3 Å². The number of nitrogens with one attached hydrogen (secondary N) is 1. The van der Waals surface area contributed by atoms with Gasteiger partial charge in [-0.25, -0.2) is 0 Å². The van der Waals surface area contributed by atoms with E-state index in [1.165, 1.54) is 0 Å². The summed E-state index contributed by atoms with van der Waals surface area (Å²) in [6, 6.07) is 1.96. The van der Waals surface area contributed by atoms with Crippen molar-refractivity contribution >= 4 is 17.5 Å². The van der Waals surface area contributed by atoms with Crippen LogP contribution in [0.2, 0.25) is 5.02 Å². The lowest BCUT2D eigenvalue weighted by molar-refractivity contribution is -0.128. The lowest BCUT2D eigenvalue weighted by atomic mass is 9.87. The van der Waals surface area contributed by atoms with Crippen molar-refractivity contribution in [3.8, 4) is 0 Å². The predicted molar refractivity (Wildman–Crippen MR) is 80.1 cm³/mol. The number of nitrogens with zero attached hydrogens (tertiary/aromatic N) is 2. The molecule has 114 valence electrons. The molecule has 2 aliphatic heterocycles. The van der Waals surface area contributed by atoms with Gasteiger partial charge in [0, 0.05) is 38.6 Å². The molecule has 1 N–H and O–H groups in total. The fraction of sp³-hybridized carbons (Fsp3) is 0.600. The Hall–Kier alpha value is -1.17. The topological polar surface area (TPSA) is 54.5 Å². The van der Waals surface area contributed by atoms with Crippen LogP contribution < -0.4 is 5.32 Å². The van der Waals surface area contributed by atoms with Gasteiger partial charge in [0.05, 0.1) is 23.7 Å². The van der Waals surface area contributed by atoms with E-state index in [2.05, 4.69) is 15.2 Å². The van der Waals surface area contributed by atoms with Gasteiger partial charge in [0.1, 0.15) is 0 Å². The summed E-state index contributed by atoms with van der Waals surface area (Å²) in [6.45, 7) is 3.90. The summed E-state index contributed by atoms with van der Waals surface area (Å²) >= 11 is 6.16. The number of ether oxygens (including phenoxy) is 1. The number of halogens is 1. The number of carbonyl (C=O) groups excluding carboxylic acids is 1. The average molecular weight is 310 g/mol. The third-order valence-electron chi connectivity index (χ3n) is 4.33. The van der Waals surface area contributed by atoms with Crippen LogP contribution in [0.3, 0.4) is 0 Å². The standard InChI is InChI=1S/C15H20ClN3O2/c16-13-10-17-4-1-12(13)11-19-6-2-15(3-7-19)9-14(20)18-5-8-21-15/h1,4,10H,2-3,5-9,11H2,(H,18,20). The Morgan fingerprint density at radius 2 is 2.24 bits per heavy atom. The first kappa shape index (κ1) is 14.8. The number of rotatable bonds is 2. The molecule has 0 aliphatic carbocycles. The Labute approximate surface area is 129 Å². The summed E-state index contributed by atoms with van der Waals surface area (Å²) in [6.07, 6.45) is 5.72. The molecule has 0 bridgehead atoms. The number of aromatic nitrogens is 1. The zero-order valence-corrected chi connectivity index (χ0v) is 12.7. The van der Waals surface area contributed by atoms with Gasteiger partial charge in [0.25, 0.3) is 0 Å². The predicted octanol–water partition coefficient (Wildman–Crippen LogP) is 1.61. The highest BCUT2D eigenvalue weighted by atomic mass is 35.5. The van der Waals surface area contributed by atoms with Crippen LogP contribution in [0.5, 0.6) is 0 Å². The Morgan fingerprint density at radius 1 is 1.43 bits per heavy atom. The van der Waals surface area contributed by atoms with Crippen molar-refractivity contribution in [3.05, 3.63) is 29.0 Å². The third kappa shape index (κ3) is 3.54. The Balaban J connectivity index is 1.60. The maximum absolute atomic E-state index is 11.7. The number of likely N-dealkylation sites (tertiary alicyclic amines) is 1. The summed E-state index contributed by atoms with van der Waals surface area (Å²) in [7, 11) is 0. The quantitative estimate of drug-likeness (QED) is 0.902. The first-order valence-electron chi connectivity index (χ1n) is 7.38. The average Bonchev–Trinajstić information content (AvgIpc) is 2.66. The molecule has 3 rings (SSSR count). The van der Waals surface area contributed by atoms with Gasteiger partial charge in [0.15, 0.2) is 0 Å². The van der Waals surface area contributed by atoms with Crippen molar-refractivity contribution in [3.63, 3.8) is 0 Å². The molecule has 1 amide bonds. The van der Waals surface area contributed by atoms with E-state index in [9.17, 15) is 4.79 Å². The van der Waals surface area contributed by atoms with E-state index in [-0.39, 0.29) is 11.5 Å². The van der Waals surface area contributed by atoms with E-state index in [1.807, 2.05) is 6.07 Å². The highest BCUT2D eigenvalue weighted by molar-refractivity contribution is 6.31. The molecule has 5 nitrogen and oxygen atoms in total. The lowest BCUT2D eigenvalue weighted by Crippen LogP contribution is -2.46. The highest BCUT2D eigenvalue weighted by Crippen LogP contribution is 2.31. The molecule has 0 radical (unpaired) electrons. The molecule has 0 aromatic carbocycles. The fourth-order valence-electron chi connectivity index (χ4n) is 3.08. The van der Waals surface area contributed by atoms with Gasteiger partial charge in [-0.1, -0.05) is 11.6 Å². The molecular formula is C15H20ClN3O2. The fourth-order valence-corrected chi connectivity index (χ4v) is 3.26. The molecule has 1 aromatic heterocycles. The molecule has 1 spiro atoms. The first-order chi connectivity index (χ1) is 10.2. The Bertz CT molecular complexity index is 515. The second-order valence-electron chi connectivity index (χ2n) is 5.80. The highest BCUT2D eigenvalue weighted by Gasteiger charge is 2.38. The number of piperidine rings is 1. The molecule has 1 aromatic rings. The van der Waals surface area contributed by atoms with Gasteiger partial charge >= 0.3 is 0 Å². The van der Waals surface area contributed by atoms with Crippen molar-refractivity contribution in [2.24, 2.45) is 0 Å². The third-order valence-corrected chi connectivity index (χ3v) is 4.67. The molecule has 2 fully saturated rings. The molecule has 0 saturated carbocycles. The van der Waals surface area contributed by atoms with E-state index < -0.39 is 0 Å². The number of hydrogen-bond donors (Lipinski definition) is 1. The minimum absolute atomic E-state index is 0.109. The van der Waals surface area contributed by atoms with Crippen LogP contribution in [0.1, 0.15) is 24.8 Å². The van der Waals surface area contributed by atoms with Gasteiger partial charge in [-0.3, -0.25) is 14.7 Å². The van der Waals surface area contributed by atoms with Gasteiger partial charge in [-0.2, -0.15) is 0 Å². The first-order valence-corrected chi connectivity index (χ1v) is 7.76. The monoisotopic (exact) mass is 309 g/mol. The van der Waals surface area contributed by atoms with Crippen LogP contribution in [0, 0.1) is 0 Å². The van der Waals surface area contributed by atoms with Crippen molar-refractivity contribution in [1.82, 2.24) is 15.2 Å². The minimum Gasteiger partial charge on any atom is -0.373 e. The minimum atomic E-state index is -0.265. The summed E-state index contributed by atoms with van der Waals surface area (Å²) in [5.41, 5.74) is 0.834. The molecule has 6 heteroatoms.